The Bertz CT molecular complexity index is 751. The van der Waals surface area contributed by atoms with Gasteiger partial charge in [0.05, 0.1) is 10.6 Å². The summed E-state index contributed by atoms with van der Waals surface area (Å²) in [6.45, 7) is -0.0251. The van der Waals surface area contributed by atoms with Crippen LogP contribution in [0.2, 0.25) is 10.0 Å². The lowest BCUT2D eigenvalue weighted by Gasteiger charge is -2.14. The highest BCUT2D eigenvalue weighted by Gasteiger charge is 2.12. The van der Waals surface area contributed by atoms with Gasteiger partial charge in [0.25, 0.3) is 5.91 Å². The molecular weight excluding hydrogens is 359 g/mol. The molecule has 0 fully saturated rings. The molecule has 5 nitrogen and oxygen atoms in total. The topological polar surface area (TPSA) is 74.3 Å². The average molecular weight is 373 g/mol. The number of amides is 1. The van der Waals surface area contributed by atoms with Crippen molar-refractivity contribution >= 4 is 41.3 Å². The number of pyridine rings is 1. The van der Waals surface area contributed by atoms with Gasteiger partial charge in [-0.15, -0.1) is 0 Å². The summed E-state index contributed by atoms with van der Waals surface area (Å²) in [5.74, 6) is 0.00161. The third-order valence-corrected chi connectivity index (χ3v) is 4.05. The van der Waals surface area contributed by atoms with E-state index in [0.29, 0.717) is 21.0 Å². The van der Waals surface area contributed by atoms with Crippen LogP contribution < -0.4 is 10.1 Å². The quantitative estimate of drug-likeness (QED) is 0.680. The third kappa shape index (κ3) is 4.94. The van der Waals surface area contributed by atoms with Crippen LogP contribution >= 0.6 is 35.4 Å². The van der Waals surface area contributed by atoms with Gasteiger partial charge >= 0.3 is 0 Å². The van der Waals surface area contributed by atoms with Gasteiger partial charge in [-0.05, 0) is 24.3 Å². The Morgan fingerprint density at radius 1 is 1.35 bits per heavy atom. The van der Waals surface area contributed by atoms with E-state index in [0.717, 1.165) is 0 Å². The van der Waals surface area contributed by atoms with Crippen molar-refractivity contribution in [1.82, 2.24) is 10.3 Å². The molecule has 122 valence electrons. The van der Waals surface area contributed by atoms with Crippen molar-refractivity contribution in [2.24, 2.45) is 0 Å². The van der Waals surface area contributed by atoms with Crippen LogP contribution in [0.15, 0.2) is 36.5 Å². The lowest BCUT2D eigenvalue weighted by atomic mass is 10.2. The fraction of sp³-hybridized carbons (Fsp3) is 0.200. The van der Waals surface area contributed by atoms with Gasteiger partial charge in [0, 0.05) is 12.7 Å². The number of carbonyl (C=O) groups is 1. The number of hydrogen-bond donors (Lipinski definition) is 3. The summed E-state index contributed by atoms with van der Waals surface area (Å²) in [4.78, 5) is 14.7. The number of ether oxygens (including phenoxy) is 1. The van der Waals surface area contributed by atoms with Crippen molar-refractivity contribution in [3.05, 3.63) is 56.8 Å². The summed E-state index contributed by atoms with van der Waals surface area (Å²) in [6, 6.07) is 8.24. The van der Waals surface area contributed by atoms with E-state index in [2.05, 4.69) is 10.3 Å². The molecule has 23 heavy (non-hydrogen) atoms. The summed E-state index contributed by atoms with van der Waals surface area (Å²) in [5, 5.41) is 13.1. The average Bonchev–Trinajstić information content (AvgIpc) is 2.54. The van der Waals surface area contributed by atoms with Crippen LogP contribution in [-0.4, -0.2) is 35.3 Å². The first kappa shape index (κ1) is 17.7. The number of benzene rings is 1. The largest absolute Gasteiger partial charge is 0.489 e. The van der Waals surface area contributed by atoms with E-state index >= 15 is 0 Å². The Labute approximate surface area is 148 Å². The molecule has 0 aliphatic heterocycles. The van der Waals surface area contributed by atoms with Crippen molar-refractivity contribution in [3.8, 4) is 5.75 Å². The Balaban J connectivity index is 1.85. The molecule has 1 atom stereocenters. The minimum absolute atomic E-state index is 0.0146. The highest BCUT2D eigenvalue weighted by atomic mass is 35.5. The Morgan fingerprint density at radius 2 is 2.13 bits per heavy atom. The smallest absolute Gasteiger partial charge is 0.254 e. The highest BCUT2D eigenvalue weighted by Crippen LogP contribution is 2.31. The van der Waals surface area contributed by atoms with Crippen LogP contribution in [0.25, 0.3) is 0 Å². The second-order valence-corrected chi connectivity index (χ2v) is 5.83. The lowest BCUT2D eigenvalue weighted by Crippen LogP contribution is -2.35. The maximum absolute atomic E-state index is 12.0. The molecule has 1 aromatic heterocycles. The van der Waals surface area contributed by atoms with E-state index in [-0.39, 0.29) is 24.1 Å². The zero-order chi connectivity index (χ0) is 16.8. The first-order valence-electron chi connectivity index (χ1n) is 6.70. The third-order valence-electron chi connectivity index (χ3n) is 2.91. The molecule has 0 bridgehead atoms. The van der Waals surface area contributed by atoms with E-state index in [4.69, 9.17) is 40.2 Å². The Morgan fingerprint density at radius 3 is 2.87 bits per heavy atom. The molecule has 0 aliphatic rings. The fourth-order valence-corrected chi connectivity index (χ4v) is 2.32. The van der Waals surface area contributed by atoms with Gasteiger partial charge in [-0.1, -0.05) is 41.5 Å². The van der Waals surface area contributed by atoms with Crippen molar-refractivity contribution in [2.75, 3.05) is 13.2 Å². The number of hydrogen-bond acceptors (Lipinski definition) is 4. The standard InChI is InChI=1S/C15H14Cl2N2O3S/c16-11-4-1-5-12(13(11)17)22-8-9(20)7-19-14(21)10-3-2-6-18-15(10)23/h1-6,9,20H,7-8H2,(H,18,23)(H,19,21)/t9-/m0/s1. The van der Waals surface area contributed by atoms with Gasteiger partial charge in [0.15, 0.2) is 0 Å². The van der Waals surface area contributed by atoms with Crippen LogP contribution in [0, 0.1) is 4.64 Å². The van der Waals surface area contributed by atoms with E-state index in [1.165, 1.54) is 0 Å². The van der Waals surface area contributed by atoms with Gasteiger partial charge in [-0.25, -0.2) is 0 Å². The number of rotatable bonds is 6. The first-order chi connectivity index (χ1) is 11.0. The van der Waals surface area contributed by atoms with E-state index in [1.54, 1.807) is 36.5 Å². The number of nitrogens with one attached hydrogen (secondary N) is 2. The summed E-state index contributed by atoms with van der Waals surface area (Å²) in [7, 11) is 0. The fourth-order valence-electron chi connectivity index (χ4n) is 1.75. The molecule has 0 saturated heterocycles. The molecule has 0 aliphatic carbocycles. The number of aromatic amines is 1. The second kappa shape index (κ2) is 8.31. The molecule has 1 amide bonds. The normalized spacial score (nSPS) is 11.8. The van der Waals surface area contributed by atoms with Gasteiger partial charge in [-0.3, -0.25) is 4.79 Å². The van der Waals surface area contributed by atoms with Crippen LogP contribution in [0.5, 0.6) is 5.75 Å². The molecule has 1 heterocycles. The number of carbonyl (C=O) groups excluding carboxylic acids is 1. The molecule has 2 aromatic rings. The van der Waals surface area contributed by atoms with Crippen molar-refractivity contribution in [2.45, 2.75) is 6.10 Å². The first-order valence-corrected chi connectivity index (χ1v) is 7.86. The minimum Gasteiger partial charge on any atom is -0.489 e. The van der Waals surface area contributed by atoms with E-state index in [9.17, 15) is 9.90 Å². The molecule has 2 rings (SSSR count). The zero-order valence-corrected chi connectivity index (χ0v) is 14.2. The number of aliphatic hydroxyl groups excluding tert-OH is 1. The van der Waals surface area contributed by atoms with Crippen molar-refractivity contribution in [1.29, 1.82) is 0 Å². The van der Waals surface area contributed by atoms with Crippen molar-refractivity contribution < 1.29 is 14.6 Å². The molecule has 0 spiro atoms. The molecule has 0 saturated carbocycles. The SMILES string of the molecule is O=C(NC[C@H](O)COc1cccc(Cl)c1Cl)c1ccc[nH]c1=S. The maximum atomic E-state index is 12.0. The van der Waals surface area contributed by atoms with Crippen LogP contribution in [0.3, 0.4) is 0 Å². The summed E-state index contributed by atoms with van der Waals surface area (Å²) < 4.78 is 5.73. The number of aromatic nitrogens is 1. The minimum atomic E-state index is -0.907. The Hall–Kier alpha value is -1.60. The zero-order valence-electron chi connectivity index (χ0n) is 11.9. The summed E-state index contributed by atoms with van der Waals surface area (Å²) >= 11 is 16.9. The summed E-state index contributed by atoms with van der Waals surface area (Å²) in [6.07, 6.45) is 0.728. The van der Waals surface area contributed by atoms with Gasteiger partial charge in [0.1, 0.15) is 28.1 Å². The Kier molecular flexibility index (Phi) is 6.41. The van der Waals surface area contributed by atoms with Crippen molar-refractivity contribution in [3.63, 3.8) is 0 Å². The molecule has 0 radical (unpaired) electrons. The molecule has 8 heteroatoms. The van der Waals surface area contributed by atoms with Gasteiger partial charge in [-0.2, -0.15) is 0 Å². The van der Waals surface area contributed by atoms with Gasteiger partial charge < -0.3 is 20.1 Å². The highest BCUT2D eigenvalue weighted by molar-refractivity contribution is 7.71. The van der Waals surface area contributed by atoms with Crippen LogP contribution in [0.4, 0.5) is 0 Å². The predicted molar refractivity (Wildman–Crippen MR) is 91.9 cm³/mol. The summed E-state index contributed by atoms with van der Waals surface area (Å²) in [5.41, 5.74) is 0.341. The van der Waals surface area contributed by atoms with E-state index < -0.39 is 6.10 Å². The lowest BCUT2D eigenvalue weighted by molar-refractivity contribution is 0.0843. The van der Waals surface area contributed by atoms with Gasteiger partial charge in [0.2, 0.25) is 0 Å². The van der Waals surface area contributed by atoms with Crippen LogP contribution in [0.1, 0.15) is 10.4 Å². The number of halogens is 2. The molecule has 1 aromatic carbocycles. The predicted octanol–water partition coefficient (Wildman–Crippen LogP) is 3.22. The number of aliphatic hydroxyl groups is 1. The number of H-pyrrole nitrogens is 1. The molecule has 3 N–H and O–H groups in total. The van der Waals surface area contributed by atoms with E-state index in [1.807, 2.05) is 0 Å². The molecular formula is C15H14Cl2N2O3S. The molecule has 0 unspecified atom stereocenters. The monoisotopic (exact) mass is 372 g/mol. The maximum Gasteiger partial charge on any atom is 0.254 e. The second-order valence-electron chi connectivity index (χ2n) is 4.64. The van der Waals surface area contributed by atoms with Crippen LogP contribution in [-0.2, 0) is 0 Å².